The highest BCUT2D eigenvalue weighted by molar-refractivity contribution is 5.12. The van der Waals surface area contributed by atoms with Crippen LogP contribution in [0.15, 0.2) is 0 Å². The van der Waals surface area contributed by atoms with Crippen LogP contribution >= 0.6 is 0 Å². The van der Waals surface area contributed by atoms with Crippen LogP contribution in [0, 0.1) is 5.41 Å². The Kier molecular flexibility index (Phi) is 4.05. The van der Waals surface area contributed by atoms with Gasteiger partial charge in [0.1, 0.15) is 0 Å². The minimum absolute atomic E-state index is 0.224. The molecule has 2 rings (SSSR count). The van der Waals surface area contributed by atoms with Crippen molar-refractivity contribution in [3.05, 3.63) is 0 Å². The second-order valence-electron chi connectivity index (χ2n) is 6.91. The molecule has 0 aliphatic heterocycles. The summed E-state index contributed by atoms with van der Waals surface area (Å²) in [5.74, 6) is 0. The Hall–Kier alpha value is -0.120. The molecule has 18 heavy (non-hydrogen) atoms. The summed E-state index contributed by atoms with van der Waals surface area (Å²) in [6, 6.07) is 0.682. The van der Waals surface area contributed by atoms with Crippen LogP contribution in [0.3, 0.4) is 0 Å². The molecule has 2 atom stereocenters. The van der Waals surface area contributed by atoms with Crippen molar-refractivity contribution in [3.8, 4) is 0 Å². The molecule has 0 amide bonds. The predicted molar refractivity (Wildman–Crippen MR) is 75.9 cm³/mol. The number of nitrogens with zero attached hydrogens (tertiary/aromatic N) is 1. The highest BCUT2D eigenvalue weighted by Crippen LogP contribution is 2.57. The van der Waals surface area contributed by atoms with Crippen LogP contribution in [0.2, 0.25) is 0 Å². The molecule has 0 saturated heterocycles. The minimum atomic E-state index is 0.224. The number of nitrogens with one attached hydrogen (secondary N) is 1. The van der Waals surface area contributed by atoms with Crippen LogP contribution in [0.5, 0.6) is 0 Å². The van der Waals surface area contributed by atoms with E-state index in [0.717, 1.165) is 13.2 Å². The van der Waals surface area contributed by atoms with E-state index in [0.29, 0.717) is 17.6 Å². The monoisotopic (exact) mass is 254 g/mol. The fraction of sp³-hybridized carbons (Fsp3) is 1.00. The van der Waals surface area contributed by atoms with Crippen molar-refractivity contribution in [2.45, 2.75) is 64.1 Å². The molecule has 0 heterocycles. The van der Waals surface area contributed by atoms with Crippen molar-refractivity contribution in [2.24, 2.45) is 5.41 Å². The van der Waals surface area contributed by atoms with Crippen molar-refractivity contribution in [1.29, 1.82) is 0 Å². The minimum Gasteiger partial charge on any atom is -0.378 e. The fourth-order valence-electron chi connectivity index (χ4n) is 3.26. The first-order chi connectivity index (χ1) is 8.42. The van der Waals surface area contributed by atoms with E-state index in [1.54, 1.807) is 0 Å². The van der Waals surface area contributed by atoms with Crippen molar-refractivity contribution in [3.63, 3.8) is 0 Å². The van der Waals surface area contributed by atoms with Gasteiger partial charge in [0.15, 0.2) is 0 Å². The summed E-state index contributed by atoms with van der Waals surface area (Å²) < 4.78 is 5.89. The van der Waals surface area contributed by atoms with Gasteiger partial charge in [-0.1, -0.05) is 6.42 Å². The largest absolute Gasteiger partial charge is 0.378 e. The van der Waals surface area contributed by atoms with Crippen LogP contribution in [-0.4, -0.2) is 49.8 Å². The quantitative estimate of drug-likeness (QED) is 0.787. The molecule has 2 aliphatic carbocycles. The van der Waals surface area contributed by atoms with Gasteiger partial charge in [0.2, 0.25) is 0 Å². The van der Waals surface area contributed by atoms with Crippen molar-refractivity contribution in [2.75, 3.05) is 27.2 Å². The van der Waals surface area contributed by atoms with Crippen molar-refractivity contribution in [1.82, 2.24) is 10.2 Å². The van der Waals surface area contributed by atoms with E-state index in [9.17, 15) is 0 Å². The van der Waals surface area contributed by atoms with Crippen LogP contribution in [0.4, 0.5) is 0 Å². The van der Waals surface area contributed by atoms with E-state index in [1.807, 2.05) is 0 Å². The van der Waals surface area contributed by atoms with Gasteiger partial charge >= 0.3 is 0 Å². The Morgan fingerprint density at radius 2 is 2.00 bits per heavy atom. The molecule has 0 radical (unpaired) electrons. The first-order valence-corrected chi connectivity index (χ1v) is 7.45. The summed E-state index contributed by atoms with van der Waals surface area (Å²) in [7, 11) is 4.31. The van der Waals surface area contributed by atoms with Crippen molar-refractivity contribution < 1.29 is 4.74 Å². The predicted octanol–water partition coefficient (Wildman–Crippen LogP) is 2.26. The smallest absolute Gasteiger partial charge is 0.0661 e. The van der Waals surface area contributed by atoms with Crippen LogP contribution < -0.4 is 5.32 Å². The van der Waals surface area contributed by atoms with Crippen LogP contribution in [0.1, 0.15) is 46.5 Å². The summed E-state index contributed by atoms with van der Waals surface area (Å²) in [5, 5.41) is 3.80. The molecule has 0 aromatic heterocycles. The highest BCUT2D eigenvalue weighted by Gasteiger charge is 2.58. The zero-order valence-electron chi connectivity index (χ0n) is 12.8. The normalized spacial score (nSPS) is 30.3. The highest BCUT2D eigenvalue weighted by atomic mass is 16.5. The van der Waals surface area contributed by atoms with Crippen molar-refractivity contribution >= 4 is 0 Å². The topological polar surface area (TPSA) is 24.5 Å². The Balaban J connectivity index is 1.85. The lowest BCUT2D eigenvalue weighted by Crippen LogP contribution is -2.68. The molecular formula is C15H30N2O. The van der Waals surface area contributed by atoms with Gasteiger partial charge in [-0.05, 0) is 54.1 Å². The molecule has 1 spiro atoms. The fourth-order valence-corrected chi connectivity index (χ4v) is 3.26. The lowest BCUT2D eigenvalue weighted by Gasteiger charge is -2.61. The average molecular weight is 254 g/mol. The Labute approximate surface area is 112 Å². The lowest BCUT2D eigenvalue weighted by atomic mass is 9.51. The van der Waals surface area contributed by atoms with Gasteiger partial charge in [0, 0.05) is 30.1 Å². The summed E-state index contributed by atoms with van der Waals surface area (Å²) in [4.78, 5) is 2.30. The van der Waals surface area contributed by atoms with Gasteiger partial charge in [-0.25, -0.2) is 0 Å². The van der Waals surface area contributed by atoms with Gasteiger partial charge in [-0.2, -0.15) is 0 Å². The third-order valence-corrected chi connectivity index (χ3v) is 5.43. The Bertz CT molecular complexity index is 284. The maximum atomic E-state index is 5.89. The molecule has 3 heteroatoms. The molecular weight excluding hydrogens is 224 g/mol. The number of hydrogen-bond acceptors (Lipinski definition) is 3. The second-order valence-corrected chi connectivity index (χ2v) is 6.91. The molecule has 3 nitrogen and oxygen atoms in total. The van der Waals surface area contributed by atoms with Gasteiger partial charge in [0.05, 0.1) is 6.10 Å². The van der Waals surface area contributed by atoms with E-state index in [-0.39, 0.29) is 5.54 Å². The molecule has 0 aromatic rings. The van der Waals surface area contributed by atoms with Gasteiger partial charge < -0.3 is 15.0 Å². The summed E-state index contributed by atoms with van der Waals surface area (Å²) >= 11 is 0. The summed E-state index contributed by atoms with van der Waals surface area (Å²) in [5.41, 5.74) is 0.708. The molecule has 2 aliphatic rings. The summed E-state index contributed by atoms with van der Waals surface area (Å²) in [6.07, 6.45) is 5.84. The van der Waals surface area contributed by atoms with E-state index in [2.05, 4.69) is 45.1 Å². The second kappa shape index (κ2) is 5.10. The van der Waals surface area contributed by atoms with E-state index < -0.39 is 0 Å². The molecule has 2 saturated carbocycles. The molecule has 2 unspecified atom stereocenters. The van der Waals surface area contributed by atoms with E-state index in [4.69, 9.17) is 4.74 Å². The maximum absolute atomic E-state index is 5.89. The Morgan fingerprint density at radius 1 is 1.33 bits per heavy atom. The average Bonchev–Trinajstić information content (AvgIpc) is 2.19. The molecule has 2 fully saturated rings. The standard InChI is InChI=1S/C15H30N2O/c1-6-18-13-10-12(15(13)8-7-9-15)16-11-14(2,3)17(4)5/h12-13,16H,6-11H2,1-5H3. The molecule has 1 N–H and O–H groups in total. The zero-order chi connectivity index (χ0) is 13.4. The van der Waals surface area contributed by atoms with Crippen LogP contribution in [0.25, 0.3) is 0 Å². The number of rotatable bonds is 6. The van der Waals surface area contributed by atoms with Gasteiger partial charge in [0.25, 0.3) is 0 Å². The molecule has 0 bridgehead atoms. The summed E-state index contributed by atoms with van der Waals surface area (Å²) in [6.45, 7) is 8.63. The number of likely N-dealkylation sites (N-methyl/N-ethyl adjacent to an activating group) is 1. The maximum Gasteiger partial charge on any atom is 0.0661 e. The molecule has 0 aromatic carbocycles. The Morgan fingerprint density at radius 3 is 2.44 bits per heavy atom. The van der Waals surface area contributed by atoms with Crippen LogP contribution in [-0.2, 0) is 4.74 Å². The first kappa shape index (κ1) is 14.3. The van der Waals surface area contributed by atoms with Gasteiger partial charge in [-0.3, -0.25) is 0 Å². The first-order valence-electron chi connectivity index (χ1n) is 7.45. The van der Waals surface area contributed by atoms with Gasteiger partial charge in [-0.15, -0.1) is 0 Å². The third kappa shape index (κ3) is 2.33. The SMILES string of the molecule is CCOC1CC(NCC(C)(C)N(C)C)C12CCC2. The van der Waals surface area contributed by atoms with E-state index in [1.165, 1.54) is 25.7 Å². The lowest BCUT2D eigenvalue weighted by molar-refractivity contribution is -0.173. The third-order valence-electron chi connectivity index (χ3n) is 5.43. The number of ether oxygens (including phenoxy) is 1. The molecule has 106 valence electrons. The zero-order valence-corrected chi connectivity index (χ0v) is 12.8. The number of hydrogen-bond donors (Lipinski definition) is 1. The van der Waals surface area contributed by atoms with E-state index >= 15 is 0 Å².